The molecule has 0 aliphatic carbocycles. The quantitative estimate of drug-likeness (QED) is 0.239. The van der Waals surface area contributed by atoms with Crippen molar-refractivity contribution in [3.8, 4) is 17.6 Å². The Morgan fingerprint density at radius 3 is 2.71 bits per heavy atom. The summed E-state index contributed by atoms with van der Waals surface area (Å²) in [5, 5.41) is 9.88. The average molecular weight is 695 g/mol. The number of halogens is 1. The highest BCUT2D eigenvalue weighted by Crippen LogP contribution is 2.38. The molecule has 2 aliphatic rings. The Morgan fingerprint density at radius 1 is 1.17 bits per heavy atom. The second-order valence-corrected chi connectivity index (χ2v) is 11.6. The molecule has 0 radical (unpaired) electrons. The third kappa shape index (κ3) is 6.61. The lowest BCUT2D eigenvalue weighted by Crippen LogP contribution is -2.40. The first kappa shape index (κ1) is 29.6. The number of hydrogen-bond acceptors (Lipinski definition) is 8. The molecule has 2 amide bonds. The Labute approximate surface area is 261 Å². The molecule has 0 unspecified atom stereocenters. The number of hydrogen-bond donors (Lipinski definition) is 0. The number of amides is 2. The molecule has 0 N–H and O–H groups in total. The van der Waals surface area contributed by atoms with Crippen LogP contribution in [0, 0.1) is 14.9 Å². The standard InChI is InChI=1S/C31H27IN4O5S/c1-35-30(38)27(42-31(35)34-24-9-5-8-21(17-24)29(37)36-10-12-40-13-11-36)16-20-14-25(32)28(26(15-20)39-2)41-19-23-7-4-3-6-22(23)18-33/h3-9,14-17H,10-13,19H2,1-2H3/b27-16+,34-31?. The zero-order valence-electron chi connectivity index (χ0n) is 23.0. The van der Waals surface area contributed by atoms with Gasteiger partial charge in [0.2, 0.25) is 0 Å². The Bertz CT molecular complexity index is 1630. The summed E-state index contributed by atoms with van der Waals surface area (Å²) >= 11 is 3.44. The third-order valence-corrected chi connectivity index (χ3v) is 8.54. The second-order valence-electron chi connectivity index (χ2n) is 9.42. The summed E-state index contributed by atoms with van der Waals surface area (Å²) in [5.41, 5.74) is 3.24. The van der Waals surface area contributed by atoms with Gasteiger partial charge in [-0.1, -0.05) is 24.3 Å². The first-order valence-electron chi connectivity index (χ1n) is 13.1. The zero-order chi connectivity index (χ0) is 29.6. The number of benzene rings is 3. The Morgan fingerprint density at radius 2 is 1.95 bits per heavy atom. The van der Waals surface area contributed by atoms with Crippen molar-refractivity contribution in [3.05, 3.63) is 91.4 Å². The van der Waals surface area contributed by atoms with Gasteiger partial charge in [0.05, 0.1) is 46.1 Å². The van der Waals surface area contributed by atoms with Crippen LogP contribution in [0.5, 0.6) is 11.5 Å². The van der Waals surface area contributed by atoms with E-state index in [0.29, 0.717) is 64.7 Å². The lowest BCUT2D eigenvalue weighted by Gasteiger charge is -2.26. The van der Waals surface area contributed by atoms with Gasteiger partial charge in [-0.05, 0) is 82.4 Å². The minimum atomic E-state index is -0.179. The number of carbonyl (C=O) groups excluding carboxylic acids is 2. The SMILES string of the molecule is COc1cc(/C=C2/SC(=Nc3cccc(C(=O)N4CCOCC4)c3)N(C)C2=O)cc(I)c1OCc1ccccc1C#N. The largest absolute Gasteiger partial charge is 0.493 e. The fourth-order valence-electron chi connectivity index (χ4n) is 4.44. The van der Waals surface area contributed by atoms with Crippen molar-refractivity contribution in [1.82, 2.24) is 9.80 Å². The van der Waals surface area contributed by atoms with Crippen molar-refractivity contribution in [3.63, 3.8) is 0 Å². The van der Waals surface area contributed by atoms with E-state index < -0.39 is 0 Å². The maximum atomic E-state index is 13.1. The van der Waals surface area contributed by atoms with Crippen molar-refractivity contribution < 1.29 is 23.8 Å². The van der Waals surface area contributed by atoms with Gasteiger partial charge in [-0.15, -0.1) is 0 Å². The Kier molecular flexibility index (Phi) is 9.46. The summed E-state index contributed by atoms with van der Waals surface area (Å²) in [6, 6.07) is 20.3. The van der Waals surface area contributed by atoms with Crippen LogP contribution in [0.3, 0.4) is 0 Å². The maximum absolute atomic E-state index is 13.1. The topological polar surface area (TPSA) is 104 Å². The second kappa shape index (κ2) is 13.4. The number of morpholine rings is 1. The molecule has 5 rings (SSSR count). The van der Waals surface area contributed by atoms with Gasteiger partial charge in [0.15, 0.2) is 16.7 Å². The van der Waals surface area contributed by atoms with Gasteiger partial charge in [-0.2, -0.15) is 5.26 Å². The van der Waals surface area contributed by atoms with Crippen molar-refractivity contribution >= 4 is 63.1 Å². The van der Waals surface area contributed by atoms with Gasteiger partial charge in [-0.25, -0.2) is 4.99 Å². The molecule has 11 heteroatoms. The summed E-state index contributed by atoms with van der Waals surface area (Å²) < 4.78 is 17.8. The molecule has 0 atom stereocenters. The smallest absolute Gasteiger partial charge is 0.266 e. The van der Waals surface area contributed by atoms with E-state index in [1.807, 2.05) is 36.4 Å². The highest BCUT2D eigenvalue weighted by Gasteiger charge is 2.31. The van der Waals surface area contributed by atoms with Gasteiger partial charge >= 0.3 is 0 Å². The van der Waals surface area contributed by atoms with Crippen molar-refractivity contribution in [2.75, 3.05) is 40.5 Å². The van der Waals surface area contributed by atoms with Crippen LogP contribution >= 0.6 is 34.4 Å². The van der Waals surface area contributed by atoms with Crippen LogP contribution in [0.1, 0.15) is 27.0 Å². The fourth-order valence-corrected chi connectivity index (χ4v) is 6.21. The van der Waals surface area contributed by atoms with E-state index in [4.69, 9.17) is 14.2 Å². The minimum absolute atomic E-state index is 0.0605. The molecule has 2 heterocycles. The van der Waals surface area contributed by atoms with E-state index >= 15 is 0 Å². The molecule has 3 aromatic carbocycles. The van der Waals surface area contributed by atoms with Crippen molar-refractivity contribution in [1.29, 1.82) is 5.26 Å². The lowest BCUT2D eigenvalue weighted by atomic mass is 10.1. The number of likely N-dealkylation sites (N-methyl/N-ethyl adjacent to an activating group) is 1. The van der Waals surface area contributed by atoms with Gasteiger partial charge in [-0.3, -0.25) is 14.5 Å². The molecule has 9 nitrogen and oxygen atoms in total. The highest BCUT2D eigenvalue weighted by molar-refractivity contribution is 14.1. The number of methoxy groups -OCH3 is 1. The number of ether oxygens (including phenoxy) is 3. The normalized spacial score (nSPS) is 17.0. The predicted octanol–water partition coefficient (Wildman–Crippen LogP) is 5.46. The monoisotopic (exact) mass is 694 g/mol. The lowest BCUT2D eigenvalue weighted by molar-refractivity contribution is -0.121. The molecule has 2 aliphatic heterocycles. The van der Waals surface area contributed by atoms with E-state index in [-0.39, 0.29) is 18.4 Å². The molecule has 0 spiro atoms. The molecule has 214 valence electrons. The molecule has 3 aromatic rings. The first-order valence-corrected chi connectivity index (χ1v) is 15.0. The van der Waals surface area contributed by atoms with E-state index in [1.165, 1.54) is 16.7 Å². The molecule has 0 saturated carbocycles. The first-order chi connectivity index (χ1) is 20.4. The van der Waals surface area contributed by atoms with Crippen LogP contribution in [0.25, 0.3) is 6.08 Å². The highest BCUT2D eigenvalue weighted by atomic mass is 127. The van der Waals surface area contributed by atoms with Crippen LogP contribution in [-0.2, 0) is 16.1 Å². The van der Waals surface area contributed by atoms with Gasteiger partial charge in [0.25, 0.3) is 11.8 Å². The van der Waals surface area contributed by atoms with E-state index in [2.05, 4.69) is 33.7 Å². The Hall–Kier alpha value is -3.86. The average Bonchev–Trinajstić information content (AvgIpc) is 3.27. The van der Waals surface area contributed by atoms with Gasteiger partial charge in [0.1, 0.15) is 6.61 Å². The van der Waals surface area contributed by atoms with Crippen LogP contribution in [-0.4, -0.2) is 67.2 Å². The van der Waals surface area contributed by atoms with E-state index in [9.17, 15) is 14.9 Å². The van der Waals surface area contributed by atoms with Gasteiger partial charge in [0, 0.05) is 31.3 Å². The number of nitriles is 1. The Balaban J connectivity index is 1.34. The minimum Gasteiger partial charge on any atom is -0.493 e. The molecular weight excluding hydrogens is 667 g/mol. The molecule has 0 aromatic heterocycles. The number of nitrogens with zero attached hydrogens (tertiary/aromatic N) is 4. The van der Waals surface area contributed by atoms with Crippen LogP contribution in [0.15, 0.2) is 70.6 Å². The molecule has 2 fully saturated rings. The maximum Gasteiger partial charge on any atom is 0.266 e. The molecular formula is C31H27IN4O5S. The van der Waals surface area contributed by atoms with Crippen LogP contribution < -0.4 is 9.47 Å². The van der Waals surface area contributed by atoms with E-state index in [0.717, 1.165) is 14.7 Å². The summed E-state index contributed by atoms with van der Waals surface area (Å²) in [4.78, 5) is 34.5. The van der Waals surface area contributed by atoms with Crippen LogP contribution in [0.2, 0.25) is 0 Å². The summed E-state index contributed by atoms with van der Waals surface area (Å²) in [5.74, 6) is 0.836. The summed E-state index contributed by atoms with van der Waals surface area (Å²) in [6.07, 6.45) is 1.80. The predicted molar refractivity (Wildman–Crippen MR) is 170 cm³/mol. The summed E-state index contributed by atoms with van der Waals surface area (Å²) in [6.45, 7) is 2.40. The van der Waals surface area contributed by atoms with Crippen molar-refractivity contribution in [2.45, 2.75) is 6.61 Å². The number of rotatable bonds is 7. The molecule has 42 heavy (non-hydrogen) atoms. The number of aliphatic imine (C=N–C) groups is 1. The molecule has 2 saturated heterocycles. The molecule has 0 bridgehead atoms. The fraction of sp³-hybridized carbons (Fsp3) is 0.226. The number of amidine groups is 1. The summed E-state index contributed by atoms with van der Waals surface area (Å²) in [7, 11) is 3.24. The van der Waals surface area contributed by atoms with Crippen LogP contribution in [0.4, 0.5) is 5.69 Å². The zero-order valence-corrected chi connectivity index (χ0v) is 26.0. The number of carbonyl (C=O) groups is 2. The van der Waals surface area contributed by atoms with Crippen molar-refractivity contribution in [2.24, 2.45) is 4.99 Å². The number of thioether (sulfide) groups is 1. The third-order valence-electron chi connectivity index (χ3n) is 6.68. The van der Waals surface area contributed by atoms with E-state index in [1.54, 1.807) is 49.4 Å². The van der Waals surface area contributed by atoms with Gasteiger partial charge < -0.3 is 19.1 Å².